The normalized spacial score (nSPS) is 12.3. The zero-order chi connectivity index (χ0) is 14.4. The largest absolute Gasteiger partial charge is 0.392 e. The molecule has 0 aliphatic carbocycles. The van der Waals surface area contributed by atoms with Crippen LogP contribution in [0, 0.1) is 5.92 Å². The van der Waals surface area contributed by atoms with Crippen molar-refractivity contribution in [3.05, 3.63) is 23.9 Å². The second-order valence-corrected chi connectivity index (χ2v) is 5.17. The molecule has 1 rings (SSSR count). The Morgan fingerprint density at radius 3 is 2.68 bits per heavy atom. The minimum Gasteiger partial charge on any atom is -0.392 e. The number of nitrogens with zero attached hydrogens (tertiary/aromatic N) is 2. The van der Waals surface area contributed by atoms with Crippen molar-refractivity contribution >= 4 is 11.7 Å². The second-order valence-electron chi connectivity index (χ2n) is 5.17. The van der Waals surface area contributed by atoms with Crippen molar-refractivity contribution in [2.75, 3.05) is 19.0 Å². The fourth-order valence-corrected chi connectivity index (χ4v) is 1.50. The van der Waals surface area contributed by atoms with Crippen LogP contribution in [-0.2, 0) is 11.3 Å². The van der Waals surface area contributed by atoms with Gasteiger partial charge in [-0.3, -0.25) is 4.79 Å². The molecule has 19 heavy (non-hydrogen) atoms. The first-order valence-electron chi connectivity index (χ1n) is 6.48. The zero-order valence-electron chi connectivity index (χ0n) is 12.1. The number of aliphatic hydroxyl groups excluding tert-OH is 1. The van der Waals surface area contributed by atoms with Crippen molar-refractivity contribution in [1.29, 1.82) is 0 Å². The molecular weight excluding hydrogens is 242 g/mol. The van der Waals surface area contributed by atoms with Gasteiger partial charge in [-0.15, -0.1) is 0 Å². The van der Waals surface area contributed by atoms with Crippen molar-refractivity contribution in [1.82, 2.24) is 10.3 Å². The Hall–Kier alpha value is -1.62. The van der Waals surface area contributed by atoms with Gasteiger partial charge in [-0.25, -0.2) is 4.98 Å². The monoisotopic (exact) mass is 265 g/mol. The van der Waals surface area contributed by atoms with Gasteiger partial charge in [-0.1, -0.05) is 19.9 Å². The predicted octanol–water partition coefficient (Wildman–Crippen LogP) is 1.17. The van der Waals surface area contributed by atoms with Gasteiger partial charge in [0.25, 0.3) is 0 Å². The number of hydrogen-bond donors (Lipinski definition) is 2. The maximum atomic E-state index is 11.6. The number of amides is 1. The number of carbonyl (C=O) groups is 1. The van der Waals surface area contributed by atoms with Gasteiger partial charge in [0.1, 0.15) is 5.82 Å². The van der Waals surface area contributed by atoms with Gasteiger partial charge in [0.15, 0.2) is 0 Å². The van der Waals surface area contributed by atoms with Crippen LogP contribution in [0.1, 0.15) is 26.0 Å². The van der Waals surface area contributed by atoms with Crippen molar-refractivity contribution in [2.45, 2.75) is 32.9 Å². The number of nitrogens with one attached hydrogen (secondary N) is 1. The summed E-state index contributed by atoms with van der Waals surface area (Å²) in [4.78, 5) is 18.0. The van der Waals surface area contributed by atoms with Crippen LogP contribution in [0.3, 0.4) is 0 Å². The van der Waals surface area contributed by atoms with E-state index in [1.54, 1.807) is 0 Å². The molecule has 1 aromatic heterocycles. The van der Waals surface area contributed by atoms with E-state index in [0.717, 1.165) is 11.5 Å². The summed E-state index contributed by atoms with van der Waals surface area (Å²) in [5.74, 6) is 0.785. The number of aromatic nitrogens is 1. The van der Waals surface area contributed by atoms with Crippen molar-refractivity contribution in [3.63, 3.8) is 0 Å². The van der Waals surface area contributed by atoms with Gasteiger partial charge in [0.2, 0.25) is 5.91 Å². The highest BCUT2D eigenvalue weighted by molar-refractivity contribution is 5.76. The van der Waals surface area contributed by atoms with E-state index in [0.29, 0.717) is 6.54 Å². The molecule has 106 valence electrons. The molecule has 1 heterocycles. The summed E-state index contributed by atoms with van der Waals surface area (Å²) in [6.07, 6.45) is -0.466. The number of rotatable bonds is 6. The fraction of sp³-hybridized carbons (Fsp3) is 0.571. The maximum absolute atomic E-state index is 11.6. The van der Waals surface area contributed by atoms with Gasteiger partial charge in [0, 0.05) is 14.1 Å². The number of anilines is 1. The Labute approximate surface area is 114 Å². The molecule has 0 saturated heterocycles. The summed E-state index contributed by atoms with van der Waals surface area (Å²) in [6, 6.07) is 5.69. The Morgan fingerprint density at radius 1 is 1.42 bits per heavy atom. The molecule has 5 nitrogen and oxygen atoms in total. The number of aliphatic hydroxyl groups is 1. The van der Waals surface area contributed by atoms with Crippen LogP contribution >= 0.6 is 0 Å². The Morgan fingerprint density at radius 2 is 2.11 bits per heavy atom. The maximum Gasteiger partial charge on any atom is 0.222 e. The third-order valence-electron chi connectivity index (χ3n) is 2.88. The Kier molecular flexibility index (Phi) is 5.76. The molecule has 0 radical (unpaired) electrons. The van der Waals surface area contributed by atoms with Gasteiger partial charge in [-0.05, 0) is 18.1 Å². The van der Waals surface area contributed by atoms with Gasteiger partial charge in [0.05, 0.1) is 24.8 Å². The summed E-state index contributed by atoms with van der Waals surface area (Å²) < 4.78 is 0. The lowest BCUT2D eigenvalue weighted by Crippen LogP contribution is -2.29. The lowest BCUT2D eigenvalue weighted by atomic mass is 10.0. The summed E-state index contributed by atoms with van der Waals surface area (Å²) in [5.41, 5.74) is 0.804. The first-order valence-corrected chi connectivity index (χ1v) is 6.48. The lowest BCUT2D eigenvalue weighted by Gasteiger charge is -2.15. The highest BCUT2D eigenvalue weighted by Crippen LogP contribution is 2.08. The number of hydrogen-bond acceptors (Lipinski definition) is 4. The predicted molar refractivity (Wildman–Crippen MR) is 75.9 cm³/mol. The molecule has 0 saturated carbocycles. The van der Waals surface area contributed by atoms with Crippen molar-refractivity contribution in [3.8, 4) is 0 Å². The zero-order valence-corrected chi connectivity index (χ0v) is 12.1. The SMILES string of the molecule is CC(C)C(O)CC(=O)NCc1cccc(N(C)C)n1. The third kappa shape index (κ3) is 5.26. The molecule has 5 heteroatoms. The number of carbonyl (C=O) groups excluding carboxylic acids is 1. The van der Waals surface area contributed by atoms with Gasteiger partial charge in [-0.2, -0.15) is 0 Å². The van der Waals surface area contributed by atoms with Crippen LogP contribution in [0.2, 0.25) is 0 Å². The van der Waals surface area contributed by atoms with E-state index in [1.807, 2.05) is 51.0 Å². The smallest absolute Gasteiger partial charge is 0.222 e. The topological polar surface area (TPSA) is 65.5 Å². The minimum atomic E-state index is -0.596. The second kappa shape index (κ2) is 7.09. The molecule has 2 N–H and O–H groups in total. The molecule has 0 fully saturated rings. The summed E-state index contributed by atoms with van der Waals surface area (Å²) in [6.45, 7) is 4.16. The molecule has 1 unspecified atom stereocenters. The highest BCUT2D eigenvalue weighted by Gasteiger charge is 2.14. The summed E-state index contributed by atoms with van der Waals surface area (Å²) >= 11 is 0. The number of pyridine rings is 1. The molecule has 1 aromatic rings. The molecule has 0 aliphatic heterocycles. The van der Waals surface area contributed by atoms with Crippen LogP contribution in [0.25, 0.3) is 0 Å². The highest BCUT2D eigenvalue weighted by atomic mass is 16.3. The first-order chi connectivity index (χ1) is 8.90. The summed E-state index contributed by atoms with van der Waals surface area (Å²) in [5, 5.41) is 12.4. The third-order valence-corrected chi connectivity index (χ3v) is 2.88. The van der Waals surface area contributed by atoms with E-state index in [9.17, 15) is 9.90 Å². The fourth-order valence-electron chi connectivity index (χ4n) is 1.50. The molecule has 0 aromatic carbocycles. The van der Waals surface area contributed by atoms with E-state index < -0.39 is 6.10 Å². The Bertz CT molecular complexity index is 419. The molecule has 0 spiro atoms. The van der Waals surface area contributed by atoms with Crippen molar-refractivity contribution < 1.29 is 9.90 Å². The van der Waals surface area contributed by atoms with E-state index in [-0.39, 0.29) is 18.2 Å². The average Bonchev–Trinajstić information content (AvgIpc) is 2.36. The van der Waals surface area contributed by atoms with Crippen LogP contribution < -0.4 is 10.2 Å². The molecule has 0 bridgehead atoms. The Balaban J connectivity index is 2.48. The van der Waals surface area contributed by atoms with E-state index in [1.165, 1.54) is 0 Å². The van der Waals surface area contributed by atoms with Crippen LogP contribution in [0.4, 0.5) is 5.82 Å². The van der Waals surface area contributed by atoms with Crippen LogP contribution in [0.15, 0.2) is 18.2 Å². The standard InChI is InChI=1S/C14H23N3O2/c1-10(2)12(18)8-14(19)15-9-11-6-5-7-13(16-11)17(3)4/h5-7,10,12,18H,8-9H2,1-4H3,(H,15,19). The van der Waals surface area contributed by atoms with E-state index in [4.69, 9.17) is 0 Å². The average molecular weight is 265 g/mol. The molecular formula is C14H23N3O2. The van der Waals surface area contributed by atoms with Gasteiger partial charge < -0.3 is 15.3 Å². The van der Waals surface area contributed by atoms with Crippen molar-refractivity contribution in [2.24, 2.45) is 5.92 Å². The van der Waals surface area contributed by atoms with Gasteiger partial charge >= 0.3 is 0 Å². The lowest BCUT2D eigenvalue weighted by molar-refractivity contribution is -0.123. The molecule has 0 aliphatic rings. The van der Waals surface area contributed by atoms with E-state index >= 15 is 0 Å². The summed E-state index contributed by atoms with van der Waals surface area (Å²) in [7, 11) is 3.84. The minimum absolute atomic E-state index is 0.0842. The first kappa shape index (κ1) is 15.4. The quantitative estimate of drug-likeness (QED) is 0.810. The molecule has 1 atom stereocenters. The van der Waals surface area contributed by atoms with Crippen LogP contribution in [0.5, 0.6) is 0 Å². The van der Waals surface area contributed by atoms with Crippen LogP contribution in [-0.4, -0.2) is 36.2 Å². The van der Waals surface area contributed by atoms with E-state index in [2.05, 4.69) is 10.3 Å². The molecule has 1 amide bonds.